The molecular formula is C29H39N4O5S+. The van der Waals surface area contributed by atoms with E-state index in [1.54, 1.807) is 48.8 Å². The number of aryl methyl sites for hydroxylation is 1. The maximum Gasteiger partial charge on any atom is 0.228 e. The van der Waals surface area contributed by atoms with Crippen LogP contribution in [0.2, 0.25) is 0 Å². The highest BCUT2D eigenvalue weighted by Gasteiger charge is 2.30. The second-order valence-corrected chi connectivity index (χ2v) is 13.5. The molecule has 1 atom stereocenters. The van der Waals surface area contributed by atoms with Gasteiger partial charge in [-0.15, -0.1) is 0 Å². The van der Waals surface area contributed by atoms with Gasteiger partial charge >= 0.3 is 0 Å². The molecule has 3 rings (SSSR count). The van der Waals surface area contributed by atoms with Crippen LogP contribution in [0.4, 0.5) is 0 Å². The molecule has 6 N–H and O–H groups in total. The molecule has 0 radical (unpaired) electrons. The van der Waals surface area contributed by atoms with Gasteiger partial charge in [-0.2, -0.15) is 0 Å². The average molecular weight is 556 g/mol. The van der Waals surface area contributed by atoms with Gasteiger partial charge in [0.05, 0.1) is 34.3 Å². The van der Waals surface area contributed by atoms with E-state index in [9.17, 15) is 18.3 Å². The second-order valence-electron chi connectivity index (χ2n) is 11.5. The summed E-state index contributed by atoms with van der Waals surface area (Å²) >= 11 is 0. The van der Waals surface area contributed by atoms with Crippen LogP contribution < -0.4 is 20.7 Å². The lowest BCUT2D eigenvalue weighted by molar-refractivity contribution is -0.657. The van der Waals surface area contributed by atoms with Crippen LogP contribution in [-0.2, 0) is 21.1 Å². The van der Waals surface area contributed by atoms with E-state index < -0.39 is 21.2 Å². The summed E-state index contributed by atoms with van der Waals surface area (Å²) in [5, 5.41) is 25.5. The van der Waals surface area contributed by atoms with Gasteiger partial charge < -0.3 is 31.2 Å². The van der Waals surface area contributed by atoms with Crippen LogP contribution in [0.15, 0.2) is 76.8 Å². The number of nitrogens with two attached hydrogens (primary N) is 1. The first-order valence-corrected chi connectivity index (χ1v) is 14.4. The fraction of sp³-hybridized carbons (Fsp3) is 0.379. The van der Waals surface area contributed by atoms with E-state index in [1.165, 1.54) is 13.8 Å². The summed E-state index contributed by atoms with van der Waals surface area (Å²) in [7, 11) is -3.71. The zero-order valence-corrected chi connectivity index (χ0v) is 24.1. The Morgan fingerprint density at radius 2 is 1.95 bits per heavy atom. The normalized spacial score (nSPS) is 17.8. The van der Waals surface area contributed by atoms with Crippen molar-refractivity contribution in [2.75, 3.05) is 5.75 Å². The van der Waals surface area contributed by atoms with Crippen molar-refractivity contribution in [2.24, 2.45) is 0 Å². The Morgan fingerprint density at radius 1 is 1.23 bits per heavy atom. The third kappa shape index (κ3) is 8.77. The molecule has 10 heteroatoms. The first kappa shape index (κ1) is 30.1. The van der Waals surface area contributed by atoms with Gasteiger partial charge in [-0.1, -0.05) is 18.2 Å². The number of allylic oxidation sites excluding steroid dienone is 3. The molecule has 1 aromatic carbocycles. The predicted octanol–water partition coefficient (Wildman–Crippen LogP) is 2.26. The fourth-order valence-electron chi connectivity index (χ4n) is 4.02. The van der Waals surface area contributed by atoms with Crippen LogP contribution >= 0.6 is 0 Å². The number of quaternary nitrogens is 1. The Bertz CT molecular complexity index is 1390. The number of rotatable bonds is 10. The number of carbonyl (C=O) groups excluding carboxylic acids is 1. The third-order valence-electron chi connectivity index (χ3n) is 5.81. The Balaban J connectivity index is 1.77. The van der Waals surface area contributed by atoms with Crippen molar-refractivity contribution >= 4 is 22.0 Å². The fourth-order valence-corrected chi connectivity index (χ4v) is 5.71. The minimum Gasteiger partial charge on any atom is -0.457 e. The summed E-state index contributed by atoms with van der Waals surface area (Å²) in [6, 6.07) is 5.21. The smallest absolute Gasteiger partial charge is 0.228 e. The molecule has 0 fully saturated rings. The highest BCUT2D eigenvalue weighted by atomic mass is 32.2. The summed E-state index contributed by atoms with van der Waals surface area (Å²) in [6.07, 6.45) is 11.4. The Kier molecular flexibility index (Phi) is 9.05. The standard InChI is InChI=1S/C29H38N4O5S/c1-19-13-20(14-27(34)33-21(16-30)17-32-28(2,3)4)7-10-25(19)38-26-11-12-31-24-9-8-22(15-23(24)26)39(36,37)18-29(5,6)35/h7-13,15-17,24,30-32,35H,14,18H2,1-6H3,(H,33,34)/p+1/b21-17+,30-16?. The third-order valence-corrected chi connectivity index (χ3v) is 7.87. The molecule has 9 nitrogen and oxygen atoms in total. The van der Waals surface area contributed by atoms with E-state index in [1.807, 2.05) is 39.1 Å². The molecule has 1 amide bonds. The van der Waals surface area contributed by atoms with Gasteiger partial charge in [0.2, 0.25) is 5.91 Å². The summed E-state index contributed by atoms with van der Waals surface area (Å²) in [5.41, 5.74) is 1.26. The summed E-state index contributed by atoms with van der Waals surface area (Å²) in [4.78, 5) is 12.7. The number of hydrogen-bond donors (Lipinski definition) is 5. The topological polar surface area (TPSA) is 145 Å². The Labute approximate surface area is 230 Å². The van der Waals surface area contributed by atoms with Gasteiger partial charge in [-0.25, -0.2) is 8.42 Å². The van der Waals surface area contributed by atoms with E-state index in [4.69, 9.17) is 10.1 Å². The zero-order chi connectivity index (χ0) is 29.0. The minimum atomic E-state index is -3.71. The molecule has 0 spiro atoms. The number of ether oxygens (including phenoxy) is 1. The molecule has 2 aliphatic rings. The number of carbonyl (C=O) groups is 1. The SMILES string of the molecule is Cc1cc(CC(=O)N/C(C=N)=C/[NH2+]C(C)(C)C)ccc1OC1=C2C=C(S(=O)(=O)CC(C)(C)O)C=CC2NC=C1. The maximum absolute atomic E-state index is 12.9. The van der Waals surface area contributed by atoms with Gasteiger partial charge in [0.25, 0.3) is 0 Å². The predicted molar refractivity (Wildman–Crippen MR) is 153 cm³/mol. The summed E-state index contributed by atoms with van der Waals surface area (Å²) in [6.45, 7) is 10.9. The molecule has 0 bridgehead atoms. The highest BCUT2D eigenvalue weighted by molar-refractivity contribution is 7.95. The first-order valence-electron chi connectivity index (χ1n) is 12.7. The summed E-state index contributed by atoms with van der Waals surface area (Å²) in [5.74, 6) is 0.459. The van der Waals surface area contributed by atoms with E-state index in [0.29, 0.717) is 22.8 Å². The van der Waals surface area contributed by atoms with Crippen molar-refractivity contribution in [3.8, 4) is 5.75 Å². The Morgan fingerprint density at radius 3 is 2.56 bits per heavy atom. The monoisotopic (exact) mass is 555 g/mol. The minimum absolute atomic E-state index is 0.0678. The van der Waals surface area contributed by atoms with Crippen LogP contribution in [0.5, 0.6) is 5.75 Å². The molecule has 0 saturated heterocycles. The van der Waals surface area contributed by atoms with Gasteiger partial charge in [0, 0.05) is 18.0 Å². The maximum atomic E-state index is 12.9. The number of fused-ring (bicyclic) bond motifs is 1. The van der Waals surface area contributed by atoms with Gasteiger partial charge in [0.15, 0.2) is 9.84 Å². The van der Waals surface area contributed by atoms with E-state index in [-0.39, 0.29) is 28.8 Å². The molecule has 1 unspecified atom stereocenters. The van der Waals surface area contributed by atoms with Gasteiger partial charge in [-0.05, 0) is 77.0 Å². The number of aliphatic hydroxyl groups is 1. The van der Waals surface area contributed by atoms with Crippen LogP contribution in [0.25, 0.3) is 0 Å². The Hall–Kier alpha value is -3.47. The molecule has 1 heterocycles. The zero-order valence-electron chi connectivity index (χ0n) is 23.3. The molecule has 1 aliphatic heterocycles. The highest BCUT2D eigenvalue weighted by Crippen LogP contribution is 2.30. The molecule has 0 aromatic heterocycles. The quantitative estimate of drug-likeness (QED) is 0.280. The van der Waals surface area contributed by atoms with E-state index in [2.05, 4.69) is 10.6 Å². The van der Waals surface area contributed by atoms with Crippen LogP contribution in [-0.4, -0.2) is 48.6 Å². The number of hydrogen-bond acceptors (Lipinski definition) is 7. The largest absolute Gasteiger partial charge is 0.457 e. The lowest BCUT2D eigenvalue weighted by Crippen LogP contribution is -2.89. The van der Waals surface area contributed by atoms with Gasteiger partial charge in [-0.3, -0.25) is 4.79 Å². The van der Waals surface area contributed by atoms with Crippen LogP contribution in [0.3, 0.4) is 0 Å². The lowest BCUT2D eigenvalue weighted by Gasteiger charge is -2.26. The molecule has 1 aliphatic carbocycles. The number of sulfone groups is 1. The lowest BCUT2D eigenvalue weighted by atomic mass is 9.98. The van der Waals surface area contributed by atoms with Gasteiger partial charge in [0.1, 0.15) is 23.4 Å². The van der Waals surface area contributed by atoms with Crippen molar-refractivity contribution in [1.82, 2.24) is 10.6 Å². The van der Waals surface area contributed by atoms with E-state index >= 15 is 0 Å². The average Bonchev–Trinajstić information content (AvgIpc) is 2.81. The number of benzene rings is 1. The van der Waals surface area contributed by atoms with Crippen molar-refractivity contribution in [3.05, 3.63) is 88.0 Å². The van der Waals surface area contributed by atoms with Crippen molar-refractivity contribution in [2.45, 2.75) is 65.1 Å². The van der Waals surface area contributed by atoms with Crippen LogP contribution in [0.1, 0.15) is 45.7 Å². The molecule has 0 saturated carbocycles. The number of amides is 1. The molecule has 39 heavy (non-hydrogen) atoms. The second kappa shape index (κ2) is 11.7. The molecule has 210 valence electrons. The van der Waals surface area contributed by atoms with Crippen molar-refractivity contribution in [3.63, 3.8) is 0 Å². The first-order chi connectivity index (χ1) is 18.1. The van der Waals surface area contributed by atoms with Crippen molar-refractivity contribution < 1.29 is 28.4 Å². The van der Waals surface area contributed by atoms with Crippen LogP contribution in [0, 0.1) is 12.3 Å². The van der Waals surface area contributed by atoms with E-state index in [0.717, 1.165) is 17.3 Å². The number of dihydropyridines is 1. The number of nitrogens with one attached hydrogen (secondary N) is 3. The van der Waals surface area contributed by atoms with Crippen molar-refractivity contribution in [1.29, 1.82) is 5.41 Å². The summed E-state index contributed by atoms with van der Waals surface area (Å²) < 4.78 is 31.9. The molecule has 1 aromatic rings. The molecular weight excluding hydrogens is 516 g/mol.